The highest BCUT2D eigenvalue weighted by atomic mass is 32.2. The standard InChI is InChI=1S/C12H14N2O4S/c1-19-8-2-3-10(14(17)18)9(6-8)11(16)13-12(7-15)4-5-12/h2-3,6,15H,4-5,7H2,1H3,(H,13,16). The zero-order valence-corrected chi connectivity index (χ0v) is 11.2. The van der Waals surface area contributed by atoms with Crippen molar-refractivity contribution in [2.24, 2.45) is 0 Å². The van der Waals surface area contributed by atoms with E-state index >= 15 is 0 Å². The third-order valence-corrected chi connectivity index (χ3v) is 3.91. The SMILES string of the molecule is CSc1ccc([N+](=O)[O-])c(C(=O)NC2(CO)CC2)c1. The number of aliphatic hydroxyl groups is 1. The van der Waals surface area contributed by atoms with Crippen LogP contribution >= 0.6 is 11.8 Å². The molecule has 0 heterocycles. The highest BCUT2D eigenvalue weighted by molar-refractivity contribution is 7.98. The molecule has 1 aromatic carbocycles. The smallest absolute Gasteiger partial charge is 0.282 e. The summed E-state index contributed by atoms with van der Waals surface area (Å²) in [5.41, 5.74) is -0.763. The lowest BCUT2D eigenvalue weighted by Crippen LogP contribution is -2.39. The average Bonchev–Trinajstić information content (AvgIpc) is 3.18. The first kappa shape index (κ1) is 13.8. The van der Waals surface area contributed by atoms with Crippen LogP contribution in [0, 0.1) is 10.1 Å². The minimum Gasteiger partial charge on any atom is -0.394 e. The van der Waals surface area contributed by atoms with E-state index in [2.05, 4.69) is 5.32 Å². The van der Waals surface area contributed by atoms with E-state index in [1.165, 1.54) is 23.9 Å². The van der Waals surface area contributed by atoms with Crippen LogP contribution in [0.1, 0.15) is 23.2 Å². The number of nitrogens with one attached hydrogen (secondary N) is 1. The molecule has 1 aromatic rings. The van der Waals surface area contributed by atoms with Crippen molar-refractivity contribution < 1.29 is 14.8 Å². The molecule has 19 heavy (non-hydrogen) atoms. The van der Waals surface area contributed by atoms with Crippen LogP contribution in [0.4, 0.5) is 5.69 Å². The van der Waals surface area contributed by atoms with Crippen molar-refractivity contribution in [1.82, 2.24) is 5.32 Å². The van der Waals surface area contributed by atoms with Crippen molar-refractivity contribution >= 4 is 23.4 Å². The third-order valence-electron chi connectivity index (χ3n) is 3.18. The molecule has 2 N–H and O–H groups in total. The van der Waals surface area contributed by atoms with Crippen molar-refractivity contribution in [3.05, 3.63) is 33.9 Å². The normalized spacial score (nSPS) is 15.9. The number of hydrogen-bond acceptors (Lipinski definition) is 5. The lowest BCUT2D eigenvalue weighted by atomic mass is 10.1. The molecule has 0 spiro atoms. The van der Waals surface area contributed by atoms with Crippen molar-refractivity contribution in [1.29, 1.82) is 0 Å². The molecule has 1 aliphatic rings. The van der Waals surface area contributed by atoms with Crippen LogP contribution in [0.3, 0.4) is 0 Å². The first-order chi connectivity index (χ1) is 9.01. The van der Waals surface area contributed by atoms with Crippen LogP contribution in [-0.2, 0) is 0 Å². The fourth-order valence-electron chi connectivity index (χ4n) is 1.76. The van der Waals surface area contributed by atoms with Gasteiger partial charge in [-0.3, -0.25) is 14.9 Å². The number of hydrogen-bond donors (Lipinski definition) is 2. The van der Waals surface area contributed by atoms with Crippen molar-refractivity contribution in [2.75, 3.05) is 12.9 Å². The van der Waals surface area contributed by atoms with Crippen molar-refractivity contribution in [2.45, 2.75) is 23.3 Å². The molecular weight excluding hydrogens is 268 g/mol. The molecule has 0 radical (unpaired) electrons. The number of amides is 1. The molecule has 0 unspecified atom stereocenters. The summed E-state index contributed by atoms with van der Waals surface area (Å²) in [6.45, 7) is -0.144. The van der Waals surface area contributed by atoms with Gasteiger partial charge < -0.3 is 10.4 Å². The molecule has 1 aliphatic carbocycles. The second-order valence-corrected chi connectivity index (χ2v) is 5.41. The summed E-state index contributed by atoms with van der Waals surface area (Å²) in [7, 11) is 0. The first-order valence-electron chi connectivity index (χ1n) is 5.77. The van der Waals surface area contributed by atoms with Gasteiger partial charge in [0, 0.05) is 11.0 Å². The van der Waals surface area contributed by atoms with Crippen LogP contribution in [0.5, 0.6) is 0 Å². The minimum atomic E-state index is -0.583. The summed E-state index contributed by atoms with van der Waals surface area (Å²) in [6.07, 6.45) is 3.23. The molecule has 1 fully saturated rings. The molecule has 0 aromatic heterocycles. The summed E-state index contributed by atoms with van der Waals surface area (Å²) < 4.78 is 0. The van der Waals surface area contributed by atoms with E-state index < -0.39 is 16.4 Å². The third kappa shape index (κ3) is 2.87. The predicted octanol–water partition coefficient (Wildman–Crippen LogP) is 1.57. The molecule has 0 bridgehead atoms. The Kier molecular flexibility index (Phi) is 3.77. The lowest BCUT2D eigenvalue weighted by Gasteiger charge is -2.14. The number of carbonyl (C=O) groups is 1. The van der Waals surface area contributed by atoms with Gasteiger partial charge in [0.1, 0.15) is 5.56 Å². The van der Waals surface area contributed by atoms with Crippen LogP contribution in [0.15, 0.2) is 23.1 Å². The number of nitro groups is 1. The van der Waals surface area contributed by atoms with Crippen molar-refractivity contribution in [3.63, 3.8) is 0 Å². The van der Waals surface area contributed by atoms with Gasteiger partial charge in [-0.1, -0.05) is 0 Å². The zero-order chi connectivity index (χ0) is 14.0. The van der Waals surface area contributed by atoms with Gasteiger partial charge >= 0.3 is 0 Å². The molecule has 0 aliphatic heterocycles. The van der Waals surface area contributed by atoms with Crippen LogP contribution in [-0.4, -0.2) is 34.3 Å². The van der Waals surface area contributed by atoms with E-state index in [-0.39, 0.29) is 17.9 Å². The molecule has 0 saturated heterocycles. The van der Waals surface area contributed by atoms with E-state index in [9.17, 15) is 20.0 Å². The number of carbonyl (C=O) groups excluding carboxylic acids is 1. The number of aliphatic hydroxyl groups excluding tert-OH is 1. The van der Waals surface area contributed by atoms with Gasteiger partial charge in [-0.25, -0.2) is 0 Å². The molecule has 1 amide bonds. The number of nitrogens with zero attached hydrogens (tertiary/aromatic N) is 1. The number of thioether (sulfide) groups is 1. The van der Waals surface area contributed by atoms with Gasteiger partial charge in [0.15, 0.2) is 0 Å². The Bertz CT molecular complexity index is 528. The van der Waals surface area contributed by atoms with Crippen LogP contribution in [0.2, 0.25) is 0 Å². The van der Waals surface area contributed by atoms with Crippen molar-refractivity contribution in [3.8, 4) is 0 Å². The molecule has 6 nitrogen and oxygen atoms in total. The van der Waals surface area contributed by atoms with E-state index in [4.69, 9.17) is 0 Å². The second kappa shape index (κ2) is 5.18. The van der Waals surface area contributed by atoms with Gasteiger partial charge in [-0.05, 0) is 31.2 Å². The van der Waals surface area contributed by atoms with E-state index in [0.29, 0.717) is 12.8 Å². The summed E-state index contributed by atoms with van der Waals surface area (Å²) >= 11 is 1.41. The number of benzene rings is 1. The van der Waals surface area contributed by atoms with Gasteiger partial charge in [0.05, 0.1) is 17.1 Å². The summed E-state index contributed by atoms with van der Waals surface area (Å²) in [5, 5.41) is 22.8. The second-order valence-electron chi connectivity index (χ2n) is 4.53. The molecule has 1 saturated carbocycles. The topological polar surface area (TPSA) is 92.5 Å². The average molecular weight is 282 g/mol. The van der Waals surface area contributed by atoms with Crippen LogP contribution in [0.25, 0.3) is 0 Å². The molecule has 7 heteroatoms. The van der Waals surface area contributed by atoms with E-state index in [1.807, 2.05) is 6.26 Å². The molecular formula is C12H14N2O4S. The van der Waals surface area contributed by atoms with Gasteiger partial charge in [-0.2, -0.15) is 0 Å². The summed E-state index contributed by atoms with van der Waals surface area (Å²) in [5.74, 6) is -0.505. The summed E-state index contributed by atoms with van der Waals surface area (Å²) in [6, 6.07) is 4.45. The monoisotopic (exact) mass is 282 g/mol. The maximum absolute atomic E-state index is 12.1. The Morgan fingerprint density at radius 1 is 1.58 bits per heavy atom. The Morgan fingerprint density at radius 2 is 2.26 bits per heavy atom. The fraction of sp³-hybridized carbons (Fsp3) is 0.417. The van der Waals surface area contributed by atoms with E-state index in [1.54, 1.807) is 6.07 Å². The zero-order valence-electron chi connectivity index (χ0n) is 10.4. The Hall–Kier alpha value is -1.60. The van der Waals surface area contributed by atoms with Gasteiger partial charge in [-0.15, -0.1) is 11.8 Å². The highest BCUT2D eigenvalue weighted by Gasteiger charge is 2.44. The summed E-state index contributed by atoms with van der Waals surface area (Å²) in [4.78, 5) is 23.3. The minimum absolute atomic E-state index is 0.0385. The predicted molar refractivity (Wildman–Crippen MR) is 71.4 cm³/mol. The van der Waals surface area contributed by atoms with Gasteiger partial charge in [0.25, 0.3) is 11.6 Å². The quantitative estimate of drug-likeness (QED) is 0.486. The maximum Gasteiger partial charge on any atom is 0.282 e. The molecule has 0 atom stereocenters. The Balaban J connectivity index is 2.30. The first-order valence-corrected chi connectivity index (χ1v) is 6.99. The Labute approximate surface area is 114 Å². The number of rotatable bonds is 5. The molecule has 102 valence electrons. The Morgan fingerprint density at radius 3 is 2.74 bits per heavy atom. The highest BCUT2D eigenvalue weighted by Crippen LogP contribution is 2.35. The van der Waals surface area contributed by atoms with Crippen LogP contribution < -0.4 is 5.32 Å². The van der Waals surface area contributed by atoms with E-state index in [0.717, 1.165) is 4.90 Å². The molecule has 2 rings (SSSR count). The lowest BCUT2D eigenvalue weighted by molar-refractivity contribution is -0.385. The fourth-order valence-corrected chi connectivity index (χ4v) is 2.20. The largest absolute Gasteiger partial charge is 0.394 e. The number of nitro benzene ring substituents is 1. The maximum atomic E-state index is 12.1. The van der Waals surface area contributed by atoms with Gasteiger partial charge in [0.2, 0.25) is 0 Å².